The number of halogens is 1. The number of nitrogens with zero attached hydrogens (tertiary/aromatic N) is 2. The lowest BCUT2D eigenvalue weighted by Crippen LogP contribution is -2.27. The van der Waals surface area contributed by atoms with Crippen molar-refractivity contribution in [1.29, 1.82) is 0 Å². The number of hydrogen-bond acceptors (Lipinski definition) is 5. The maximum atomic E-state index is 8.84. The lowest BCUT2D eigenvalue weighted by Gasteiger charge is -1.94. The molecule has 5 nitrogen and oxygen atoms in total. The Labute approximate surface area is 90.5 Å². The van der Waals surface area contributed by atoms with Crippen LogP contribution in [0.3, 0.4) is 0 Å². The number of furan rings is 1. The first-order valence-electron chi connectivity index (χ1n) is 4.10. The Morgan fingerprint density at radius 2 is 2.20 bits per heavy atom. The maximum Gasteiger partial charge on any atom is 0.526 e. The molecule has 0 saturated heterocycles. The van der Waals surface area contributed by atoms with Crippen LogP contribution < -0.4 is 5.66 Å². The van der Waals surface area contributed by atoms with Crippen LogP contribution in [0.2, 0.25) is 5.28 Å². The Kier molecular flexibility index (Phi) is 2.72. The van der Waals surface area contributed by atoms with Crippen LogP contribution >= 0.6 is 11.6 Å². The van der Waals surface area contributed by atoms with Gasteiger partial charge in [0, 0.05) is 11.8 Å². The third kappa shape index (κ3) is 2.17. The molecule has 15 heavy (non-hydrogen) atoms. The summed E-state index contributed by atoms with van der Waals surface area (Å²) in [6, 6.07) is 3.12. The highest BCUT2D eigenvalue weighted by molar-refractivity contribution is 6.57. The molecule has 0 fully saturated rings. The van der Waals surface area contributed by atoms with Gasteiger partial charge in [0.1, 0.15) is 5.66 Å². The number of rotatable bonds is 2. The van der Waals surface area contributed by atoms with E-state index in [4.69, 9.17) is 26.1 Å². The monoisotopic (exact) mass is 224 g/mol. The third-order valence-corrected chi connectivity index (χ3v) is 1.98. The summed E-state index contributed by atoms with van der Waals surface area (Å²) in [6.45, 7) is 0. The molecule has 2 aromatic heterocycles. The molecule has 7 heteroatoms. The van der Waals surface area contributed by atoms with Crippen molar-refractivity contribution >= 4 is 24.4 Å². The van der Waals surface area contributed by atoms with Gasteiger partial charge in [-0.05, 0) is 23.7 Å². The van der Waals surface area contributed by atoms with Crippen molar-refractivity contribution in [3.05, 3.63) is 29.9 Å². The largest absolute Gasteiger partial charge is 0.526 e. The molecule has 2 N–H and O–H groups in total. The molecular formula is C8H6BClN2O3. The average Bonchev–Trinajstić information content (AvgIpc) is 2.66. The van der Waals surface area contributed by atoms with Gasteiger partial charge in [0.2, 0.25) is 5.28 Å². The van der Waals surface area contributed by atoms with E-state index >= 15 is 0 Å². The molecule has 0 amide bonds. The minimum atomic E-state index is -1.63. The summed E-state index contributed by atoms with van der Waals surface area (Å²) in [5.41, 5.74) is 1.23. The van der Waals surface area contributed by atoms with E-state index in [9.17, 15) is 0 Å². The zero-order valence-corrected chi connectivity index (χ0v) is 8.22. The molecular weight excluding hydrogens is 218 g/mol. The molecule has 0 atom stereocenters. The fourth-order valence-electron chi connectivity index (χ4n) is 1.12. The van der Waals surface area contributed by atoms with Crippen LogP contribution in [0.5, 0.6) is 0 Å². The smallest absolute Gasteiger partial charge is 0.472 e. The molecule has 0 radical (unpaired) electrons. The van der Waals surface area contributed by atoms with Gasteiger partial charge >= 0.3 is 7.12 Å². The van der Waals surface area contributed by atoms with Crippen LogP contribution in [0, 0.1) is 0 Å². The van der Waals surface area contributed by atoms with E-state index < -0.39 is 7.12 Å². The fourth-order valence-corrected chi connectivity index (χ4v) is 1.27. The molecule has 0 bridgehead atoms. The zero-order chi connectivity index (χ0) is 10.8. The van der Waals surface area contributed by atoms with E-state index in [-0.39, 0.29) is 10.9 Å². The van der Waals surface area contributed by atoms with Crippen molar-refractivity contribution in [2.75, 3.05) is 0 Å². The summed E-state index contributed by atoms with van der Waals surface area (Å²) in [5.74, 6) is 0. The van der Waals surface area contributed by atoms with Gasteiger partial charge in [0.15, 0.2) is 0 Å². The maximum absolute atomic E-state index is 8.84. The normalized spacial score (nSPS) is 10.3. The van der Waals surface area contributed by atoms with E-state index in [1.54, 1.807) is 6.07 Å². The van der Waals surface area contributed by atoms with E-state index in [1.807, 2.05) is 0 Å². The summed E-state index contributed by atoms with van der Waals surface area (Å²) in [6.07, 6.45) is 2.88. The quantitative estimate of drug-likeness (QED) is 0.557. The molecule has 76 valence electrons. The first-order chi connectivity index (χ1) is 7.16. The van der Waals surface area contributed by atoms with Crippen LogP contribution in [-0.4, -0.2) is 27.1 Å². The SMILES string of the molecule is OB(O)c1cc(-c2ccnc(Cl)n2)co1. The van der Waals surface area contributed by atoms with E-state index in [1.165, 1.54) is 18.5 Å². The van der Waals surface area contributed by atoms with Crippen LogP contribution in [-0.2, 0) is 0 Å². The molecule has 0 saturated carbocycles. The van der Waals surface area contributed by atoms with Crippen LogP contribution in [0.25, 0.3) is 11.3 Å². The van der Waals surface area contributed by atoms with Gasteiger partial charge in [-0.1, -0.05) is 0 Å². The van der Waals surface area contributed by atoms with E-state index in [0.29, 0.717) is 11.3 Å². The molecule has 0 aliphatic carbocycles. The topological polar surface area (TPSA) is 79.4 Å². The predicted molar refractivity (Wildman–Crippen MR) is 54.6 cm³/mol. The van der Waals surface area contributed by atoms with Gasteiger partial charge in [-0.3, -0.25) is 0 Å². The van der Waals surface area contributed by atoms with Gasteiger partial charge < -0.3 is 14.5 Å². The molecule has 0 spiro atoms. The Morgan fingerprint density at radius 3 is 2.80 bits per heavy atom. The lowest BCUT2D eigenvalue weighted by molar-refractivity contribution is 0.409. The number of aromatic nitrogens is 2. The van der Waals surface area contributed by atoms with Gasteiger partial charge in [-0.15, -0.1) is 0 Å². The molecule has 2 aromatic rings. The zero-order valence-electron chi connectivity index (χ0n) is 7.46. The molecule has 2 heterocycles. The molecule has 0 aliphatic heterocycles. The summed E-state index contributed by atoms with van der Waals surface area (Å²) >= 11 is 5.61. The summed E-state index contributed by atoms with van der Waals surface area (Å²) in [5, 5.41) is 17.8. The summed E-state index contributed by atoms with van der Waals surface area (Å²) in [4.78, 5) is 7.68. The minimum Gasteiger partial charge on any atom is -0.472 e. The fraction of sp³-hybridized carbons (Fsp3) is 0. The van der Waals surface area contributed by atoms with Crippen molar-refractivity contribution < 1.29 is 14.5 Å². The number of hydrogen-bond donors (Lipinski definition) is 2. The highest BCUT2D eigenvalue weighted by Gasteiger charge is 2.17. The van der Waals surface area contributed by atoms with Crippen molar-refractivity contribution in [3.63, 3.8) is 0 Å². The minimum absolute atomic E-state index is 0.0553. The van der Waals surface area contributed by atoms with Crippen molar-refractivity contribution in [3.8, 4) is 11.3 Å². The van der Waals surface area contributed by atoms with Crippen molar-refractivity contribution in [2.45, 2.75) is 0 Å². The van der Waals surface area contributed by atoms with Crippen molar-refractivity contribution in [2.24, 2.45) is 0 Å². The van der Waals surface area contributed by atoms with Crippen LogP contribution in [0.1, 0.15) is 0 Å². The summed E-state index contributed by atoms with van der Waals surface area (Å²) in [7, 11) is -1.63. The molecule has 0 aliphatic rings. The van der Waals surface area contributed by atoms with Gasteiger partial charge in [-0.2, -0.15) is 0 Å². The second-order valence-electron chi connectivity index (χ2n) is 2.82. The van der Waals surface area contributed by atoms with Crippen LogP contribution in [0.15, 0.2) is 29.0 Å². The average molecular weight is 224 g/mol. The second kappa shape index (κ2) is 4.02. The first kappa shape index (κ1) is 10.2. The predicted octanol–water partition coefficient (Wildman–Crippen LogP) is 0.0698. The van der Waals surface area contributed by atoms with Gasteiger partial charge in [-0.25, -0.2) is 9.97 Å². The molecule has 0 aromatic carbocycles. The second-order valence-corrected chi connectivity index (χ2v) is 3.16. The Balaban J connectivity index is 2.37. The van der Waals surface area contributed by atoms with E-state index in [2.05, 4.69) is 9.97 Å². The van der Waals surface area contributed by atoms with Gasteiger partial charge in [0.25, 0.3) is 0 Å². The Hall–Kier alpha value is -1.37. The van der Waals surface area contributed by atoms with Gasteiger partial charge in [0.05, 0.1) is 12.0 Å². The molecule has 2 rings (SSSR count). The standard InChI is InChI=1S/C8H6BClN2O3/c10-8-11-2-1-6(12-8)5-3-7(9(13)14)15-4-5/h1-4,13-14H. The van der Waals surface area contributed by atoms with E-state index in [0.717, 1.165) is 0 Å². The highest BCUT2D eigenvalue weighted by Crippen LogP contribution is 2.16. The summed E-state index contributed by atoms with van der Waals surface area (Å²) < 4.78 is 4.92. The lowest BCUT2D eigenvalue weighted by atomic mass is 9.87. The van der Waals surface area contributed by atoms with Crippen LogP contribution in [0.4, 0.5) is 0 Å². The third-order valence-electron chi connectivity index (χ3n) is 1.80. The van der Waals surface area contributed by atoms with Crippen molar-refractivity contribution in [1.82, 2.24) is 9.97 Å². The Morgan fingerprint density at radius 1 is 1.40 bits per heavy atom. The highest BCUT2D eigenvalue weighted by atomic mass is 35.5. The molecule has 0 unspecified atom stereocenters. The Bertz CT molecular complexity index is 474. The first-order valence-corrected chi connectivity index (χ1v) is 4.48.